The molecule has 0 bridgehead atoms. The van der Waals surface area contributed by atoms with Crippen LogP contribution in [-0.2, 0) is 9.53 Å². The van der Waals surface area contributed by atoms with Crippen LogP contribution in [-0.4, -0.2) is 42.5 Å². The Hall–Kier alpha value is -0.280. The number of rotatable bonds is 6. The number of halogens is 1. The first-order valence-corrected chi connectivity index (χ1v) is 6.36. The molecule has 0 heterocycles. The Labute approximate surface area is 103 Å². The van der Waals surface area contributed by atoms with Gasteiger partial charge >= 0.3 is 0 Å². The lowest BCUT2D eigenvalue weighted by Gasteiger charge is -2.40. The Kier molecular flexibility index (Phi) is 5.06. The summed E-state index contributed by atoms with van der Waals surface area (Å²) in [6, 6.07) is 0. The number of nitrogens with zero attached hydrogens (tertiary/aromatic N) is 1. The second-order valence-electron chi connectivity index (χ2n) is 4.80. The van der Waals surface area contributed by atoms with E-state index in [1.807, 2.05) is 14.0 Å². The third kappa shape index (κ3) is 3.63. The van der Waals surface area contributed by atoms with Crippen LogP contribution in [0.1, 0.15) is 39.0 Å². The molecule has 4 heteroatoms. The molecule has 1 aliphatic rings. The van der Waals surface area contributed by atoms with Crippen LogP contribution < -0.4 is 0 Å². The lowest BCUT2D eigenvalue weighted by Crippen LogP contribution is -2.44. The molecular formula is C12H22ClNO2. The third-order valence-corrected chi connectivity index (χ3v) is 3.68. The van der Waals surface area contributed by atoms with Crippen LogP contribution in [0.5, 0.6) is 0 Å². The maximum atomic E-state index is 11.9. The summed E-state index contributed by atoms with van der Waals surface area (Å²) in [5, 5.41) is 0.121. The molecule has 1 atom stereocenters. The van der Waals surface area contributed by atoms with Crippen LogP contribution in [0.3, 0.4) is 0 Å². The molecule has 0 aliphatic heterocycles. The first kappa shape index (κ1) is 13.8. The first-order chi connectivity index (χ1) is 7.49. The molecule has 1 amide bonds. The zero-order chi connectivity index (χ0) is 12.2. The van der Waals surface area contributed by atoms with Gasteiger partial charge in [0, 0.05) is 26.1 Å². The number of ether oxygens (including phenoxy) is 1. The van der Waals surface area contributed by atoms with Crippen LogP contribution in [0.15, 0.2) is 0 Å². The number of methoxy groups -OCH3 is 1. The van der Waals surface area contributed by atoms with Crippen molar-refractivity contribution in [2.45, 2.75) is 50.0 Å². The van der Waals surface area contributed by atoms with Gasteiger partial charge in [-0.2, -0.15) is 0 Å². The second kappa shape index (κ2) is 5.87. The van der Waals surface area contributed by atoms with Gasteiger partial charge < -0.3 is 9.64 Å². The molecule has 1 aliphatic carbocycles. The monoisotopic (exact) mass is 247 g/mol. The molecule has 0 aromatic heterocycles. The summed E-state index contributed by atoms with van der Waals surface area (Å²) < 4.78 is 5.45. The summed E-state index contributed by atoms with van der Waals surface area (Å²) in [5.74, 6) is 0.166. The quantitative estimate of drug-likeness (QED) is 0.675. The van der Waals surface area contributed by atoms with Crippen LogP contribution in [0.25, 0.3) is 0 Å². The van der Waals surface area contributed by atoms with Gasteiger partial charge in [0.25, 0.3) is 0 Å². The summed E-state index contributed by atoms with van der Waals surface area (Å²) in [4.78, 5) is 13.7. The average Bonchev–Trinajstić information content (AvgIpc) is 2.19. The SMILES string of the molecule is COC1(CC(=O)N(C)CCC(C)Cl)CCC1. The number of hydrogen-bond acceptors (Lipinski definition) is 2. The number of hydrogen-bond donors (Lipinski definition) is 0. The van der Waals surface area contributed by atoms with Gasteiger partial charge in [0.15, 0.2) is 0 Å². The number of carbonyl (C=O) groups is 1. The van der Waals surface area contributed by atoms with Crippen LogP contribution in [0.2, 0.25) is 0 Å². The van der Waals surface area contributed by atoms with Crippen molar-refractivity contribution < 1.29 is 9.53 Å². The maximum Gasteiger partial charge on any atom is 0.225 e. The summed E-state index contributed by atoms with van der Waals surface area (Å²) in [7, 11) is 3.54. The minimum atomic E-state index is -0.169. The topological polar surface area (TPSA) is 29.5 Å². The molecule has 0 spiro atoms. The van der Waals surface area contributed by atoms with Gasteiger partial charge in [-0.3, -0.25) is 4.79 Å². The first-order valence-electron chi connectivity index (χ1n) is 5.92. The zero-order valence-corrected chi connectivity index (χ0v) is 11.2. The van der Waals surface area contributed by atoms with Gasteiger partial charge in [-0.05, 0) is 32.6 Å². The number of amides is 1. The van der Waals surface area contributed by atoms with Gasteiger partial charge in [0.2, 0.25) is 5.91 Å². The van der Waals surface area contributed by atoms with Crippen molar-refractivity contribution in [3.63, 3.8) is 0 Å². The lowest BCUT2D eigenvalue weighted by atomic mass is 9.77. The van der Waals surface area contributed by atoms with Crippen molar-refractivity contribution in [3.8, 4) is 0 Å². The molecule has 1 saturated carbocycles. The standard InChI is InChI=1S/C12H22ClNO2/c1-10(13)5-8-14(2)11(15)9-12(16-3)6-4-7-12/h10H,4-9H2,1-3H3. The molecule has 0 aromatic carbocycles. The van der Waals surface area contributed by atoms with Crippen molar-refractivity contribution in [1.29, 1.82) is 0 Å². The second-order valence-corrected chi connectivity index (χ2v) is 5.55. The number of carbonyl (C=O) groups excluding carboxylic acids is 1. The van der Waals surface area contributed by atoms with E-state index in [0.717, 1.165) is 25.8 Å². The van der Waals surface area contributed by atoms with E-state index >= 15 is 0 Å². The van der Waals surface area contributed by atoms with Crippen LogP contribution >= 0.6 is 11.6 Å². The molecule has 3 nitrogen and oxygen atoms in total. The lowest BCUT2D eigenvalue weighted by molar-refractivity contribution is -0.142. The Morgan fingerprint density at radius 1 is 1.56 bits per heavy atom. The molecule has 0 radical (unpaired) electrons. The Bertz CT molecular complexity index is 234. The van der Waals surface area contributed by atoms with E-state index in [1.54, 1.807) is 12.0 Å². The normalized spacial score (nSPS) is 20.0. The Morgan fingerprint density at radius 2 is 2.19 bits per heavy atom. The van der Waals surface area contributed by atoms with Gasteiger partial charge in [-0.1, -0.05) is 0 Å². The smallest absolute Gasteiger partial charge is 0.225 e. The highest BCUT2D eigenvalue weighted by molar-refractivity contribution is 6.20. The fourth-order valence-corrected chi connectivity index (χ4v) is 2.03. The van der Waals surface area contributed by atoms with E-state index in [2.05, 4.69) is 0 Å². The maximum absolute atomic E-state index is 11.9. The highest BCUT2D eigenvalue weighted by Gasteiger charge is 2.39. The third-order valence-electron chi connectivity index (χ3n) is 3.46. The van der Waals surface area contributed by atoms with Crippen molar-refractivity contribution >= 4 is 17.5 Å². The highest BCUT2D eigenvalue weighted by Crippen LogP contribution is 2.38. The minimum Gasteiger partial charge on any atom is -0.378 e. The molecule has 0 aromatic rings. The Morgan fingerprint density at radius 3 is 2.56 bits per heavy atom. The molecular weight excluding hydrogens is 226 g/mol. The van der Waals surface area contributed by atoms with E-state index in [0.29, 0.717) is 6.42 Å². The fraction of sp³-hybridized carbons (Fsp3) is 0.917. The van der Waals surface area contributed by atoms with Gasteiger partial charge in [-0.25, -0.2) is 0 Å². The Balaban J connectivity index is 2.33. The van der Waals surface area contributed by atoms with Crippen molar-refractivity contribution in [2.24, 2.45) is 0 Å². The largest absolute Gasteiger partial charge is 0.378 e. The van der Waals surface area contributed by atoms with E-state index in [1.165, 1.54) is 6.42 Å². The van der Waals surface area contributed by atoms with Crippen molar-refractivity contribution in [1.82, 2.24) is 4.90 Å². The van der Waals surface area contributed by atoms with E-state index in [-0.39, 0.29) is 16.9 Å². The molecule has 1 rings (SSSR count). The molecule has 1 fully saturated rings. The van der Waals surface area contributed by atoms with Crippen molar-refractivity contribution in [2.75, 3.05) is 20.7 Å². The molecule has 0 N–H and O–H groups in total. The van der Waals surface area contributed by atoms with E-state index in [4.69, 9.17) is 16.3 Å². The zero-order valence-electron chi connectivity index (χ0n) is 10.5. The predicted molar refractivity (Wildman–Crippen MR) is 65.8 cm³/mol. The summed E-state index contributed by atoms with van der Waals surface area (Å²) in [5.41, 5.74) is -0.169. The molecule has 1 unspecified atom stereocenters. The minimum absolute atomic E-state index is 0.121. The summed E-state index contributed by atoms with van der Waals surface area (Å²) >= 11 is 5.86. The predicted octanol–water partition coefficient (Wildman–Crippen LogP) is 2.42. The van der Waals surface area contributed by atoms with E-state index in [9.17, 15) is 4.79 Å². The molecule has 16 heavy (non-hydrogen) atoms. The van der Waals surface area contributed by atoms with Crippen LogP contribution in [0.4, 0.5) is 0 Å². The average molecular weight is 248 g/mol. The highest BCUT2D eigenvalue weighted by atomic mass is 35.5. The van der Waals surface area contributed by atoms with Gasteiger partial charge in [-0.15, -0.1) is 11.6 Å². The molecule has 94 valence electrons. The van der Waals surface area contributed by atoms with Gasteiger partial charge in [0.1, 0.15) is 0 Å². The van der Waals surface area contributed by atoms with E-state index < -0.39 is 0 Å². The molecule has 0 saturated heterocycles. The summed E-state index contributed by atoms with van der Waals surface area (Å²) in [6.07, 6.45) is 4.54. The number of alkyl halides is 1. The van der Waals surface area contributed by atoms with Crippen molar-refractivity contribution in [3.05, 3.63) is 0 Å². The summed E-state index contributed by atoms with van der Waals surface area (Å²) in [6.45, 7) is 2.67. The van der Waals surface area contributed by atoms with Gasteiger partial charge in [0.05, 0.1) is 12.0 Å². The fourth-order valence-electron chi connectivity index (χ4n) is 1.93. The van der Waals surface area contributed by atoms with Crippen LogP contribution in [0, 0.1) is 0 Å².